The van der Waals surface area contributed by atoms with E-state index in [0.717, 1.165) is 14.9 Å². The highest BCUT2D eigenvalue weighted by Crippen LogP contribution is 2.28. The van der Waals surface area contributed by atoms with Gasteiger partial charge in [0.2, 0.25) is 0 Å². The Morgan fingerprint density at radius 1 is 1.25 bits per heavy atom. The van der Waals surface area contributed by atoms with E-state index in [9.17, 15) is 4.39 Å². The second kappa shape index (κ2) is 5.05. The Bertz CT molecular complexity index is 469. The van der Waals surface area contributed by atoms with Crippen LogP contribution in [0, 0.1) is 5.82 Å². The van der Waals surface area contributed by atoms with Gasteiger partial charge in [0, 0.05) is 0 Å². The first kappa shape index (κ1) is 11.7. The van der Waals surface area contributed by atoms with E-state index in [1.165, 1.54) is 12.1 Å². The number of nitrogens with two attached hydrogens (primary N) is 1. The van der Waals surface area contributed by atoms with Crippen molar-refractivity contribution in [1.29, 1.82) is 0 Å². The molecule has 0 aliphatic rings. The average Bonchev–Trinajstić information content (AvgIpc) is 2.69. The summed E-state index contributed by atoms with van der Waals surface area (Å²) in [6.45, 7) is 0. The highest BCUT2D eigenvalue weighted by Gasteiger charge is 2.13. The summed E-state index contributed by atoms with van der Waals surface area (Å²) in [7, 11) is 0. The minimum Gasteiger partial charge on any atom is -0.271 e. The van der Waals surface area contributed by atoms with Crippen LogP contribution >= 0.6 is 27.3 Å². The maximum Gasteiger partial charge on any atom is 0.123 e. The van der Waals surface area contributed by atoms with Crippen molar-refractivity contribution in [1.82, 2.24) is 5.43 Å². The summed E-state index contributed by atoms with van der Waals surface area (Å²) in [6.07, 6.45) is 0. The van der Waals surface area contributed by atoms with Crippen LogP contribution in [0.1, 0.15) is 17.2 Å². The first-order chi connectivity index (χ1) is 7.70. The molecule has 1 heterocycles. The molecular weight excluding hydrogens is 291 g/mol. The molecule has 0 radical (unpaired) electrons. The third-order valence-corrected chi connectivity index (χ3v) is 3.81. The largest absolute Gasteiger partial charge is 0.271 e. The monoisotopic (exact) mass is 300 g/mol. The number of benzene rings is 1. The van der Waals surface area contributed by atoms with Gasteiger partial charge < -0.3 is 0 Å². The Hall–Kier alpha value is -0.750. The zero-order valence-electron chi connectivity index (χ0n) is 8.28. The molecule has 2 aromatic rings. The molecule has 1 atom stereocenters. The molecule has 0 fully saturated rings. The summed E-state index contributed by atoms with van der Waals surface area (Å²) in [5, 5.41) is 2.01. The van der Waals surface area contributed by atoms with E-state index in [1.807, 2.05) is 11.4 Å². The molecule has 84 valence electrons. The predicted octanol–water partition coefficient (Wildman–Crippen LogP) is 3.20. The lowest BCUT2D eigenvalue weighted by molar-refractivity contribution is 0.616. The Kier molecular flexibility index (Phi) is 3.70. The smallest absolute Gasteiger partial charge is 0.123 e. The van der Waals surface area contributed by atoms with Crippen LogP contribution in [-0.2, 0) is 0 Å². The molecular formula is C11H10BrFN2S. The number of hydrogen-bond acceptors (Lipinski definition) is 3. The average molecular weight is 301 g/mol. The van der Waals surface area contributed by atoms with Gasteiger partial charge >= 0.3 is 0 Å². The van der Waals surface area contributed by atoms with Crippen molar-refractivity contribution in [3.05, 3.63) is 56.4 Å². The molecule has 0 amide bonds. The summed E-state index contributed by atoms with van der Waals surface area (Å²) in [5.41, 5.74) is 4.73. The second-order valence-electron chi connectivity index (χ2n) is 3.34. The van der Waals surface area contributed by atoms with E-state index in [2.05, 4.69) is 21.4 Å². The van der Waals surface area contributed by atoms with Gasteiger partial charge in [0.15, 0.2) is 0 Å². The predicted molar refractivity (Wildman–Crippen MR) is 67.6 cm³/mol. The van der Waals surface area contributed by atoms with Crippen molar-refractivity contribution in [3.63, 3.8) is 0 Å². The zero-order chi connectivity index (χ0) is 11.5. The third kappa shape index (κ3) is 2.49. The van der Waals surface area contributed by atoms with Crippen LogP contribution in [-0.4, -0.2) is 0 Å². The normalized spacial score (nSPS) is 12.7. The quantitative estimate of drug-likeness (QED) is 0.675. The summed E-state index contributed by atoms with van der Waals surface area (Å²) < 4.78 is 13.8. The lowest BCUT2D eigenvalue weighted by atomic mass is 10.0. The molecule has 0 bridgehead atoms. The molecule has 0 aliphatic heterocycles. The molecule has 16 heavy (non-hydrogen) atoms. The van der Waals surface area contributed by atoms with E-state index in [0.29, 0.717) is 0 Å². The summed E-state index contributed by atoms with van der Waals surface area (Å²) in [4.78, 5) is 0. The van der Waals surface area contributed by atoms with Crippen molar-refractivity contribution in [2.24, 2.45) is 5.84 Å². The van der Waals surface area contributed by atoms with Crippen LogP contribution in [0.15, 0.2) is 39.5 Å². The zero-order valence-corrected chi connectivity index (χ0v) is 10.7. The number of hydrazine groups is 1. The van der Waals surface area contributed by atoms with E-state index in [4.69, 9.17) is 5.84 Å². The summed E-state index contributed by atoms with van der Waals surface area (Å²) in [5.74, 6) is 5.29. The number of hydrogen-bond donors (Lipinski definition) is 2. The van der Waals surface area contributed by atoms with E-state index < -0.39 is 0 Å². The van der Waals surface area contributed by atoms with Gasteiger partial charge in [0.1, 0.15) is 5.82 Å². The fourth-order valence-electron chi connectivity index (χ4n) is 1.51. The van der Waals surface area contributed by atoms with E-state index in [1.54, 1.807) is 23.5 Å². The number of nitrogens with one attached hydrogen (secondary N) is 1. The lowest BCUT2D eigenvalue weighted by Crippen LogP contribution is -2.28. The SMILES string of the molecule is NNC(c1ccc(F)cc1)c1csc(Br)c1. The van der Waals surface area contributed by atoms with Crippen LogP contribution in [0.4, 0.5) is 4.39 Å². The molecule has 2 rings (SSSR count). The first-order valence-electron chi connectivity index (χ1n) is 4.66. The van der Waals surface area contributed by atoms with Crippen LogP contribution < -0.4 is 11.3 Å². The van der Waals surface area contributed by atoms with Crippen LogP contribution in [0.2, 0.25) is 0 Å². The Labute approximate surface area is 105 Å². The summed E-state index contributed by atoms with van der Waals surface area (Å²) >= 11 is 5.00. The van der Waals surface area contributed by atoms with Gasteiger partial charge in [0.25, 0.3) is 0 Å². The van der Waals surface area contributed by atoms with Gasteiger partial charge in [0.05, 0.1) is 9.83 Å². The van der Waals surface area contributed by atoms with Gasteiger partial charge in [-0.1, -0.05) is 12.1 Å². The Morgan fingerprint density at radius 2 is 1.94 bits per heavy atom. The highest BCUT2D eigenvalue weighted by atomic mass is 79.9. The first-order valence-corrected chi connectivity index (χ1v) is 6.33. The molecule has 5 heteroatoms. The van der Waals surface area contributed by atoms with Crippen LogP contribution in [0.5, 0.6) is 0 Å². The molecule has 0 saturated heterocycles. The number of halogens is 2. The van der Waals surface area contributed by atoms with Gasteiger partial charge in [-0.05, 0) is 50.6 Å². The highest BCUT2D eigenvalue weighted by molar-refractivity contribution is 9.11. The molecule has 1 aromatic carbocycles. The van der Waals surface area contributed by atoms with Gasteiger partial charge in [-0.3, -0.25) is 5.84 Å². The second-order valence-corrected chi connectivity index (χ2v) is 5.63. The maximum atomic E-state index is 12.8. The van der Waals surface area contributed by atoms with Crippen molar-refractivity contribution < 1.29 is 4.39 Å². The lowest BCUT2D eigenvalue weighted by Gasteiger charge is -2.14. The molecule has 0 saturated carbocycles. The minimum atomic E-state index is -0.244. The fraction of sp³-hybridized carbons (Fsp3) is 0.0909. The molecule has 0 aliphatic carbocycles. The summed E-state index contributed by atoms with van der Waals surface area (Å²) in [6, 6.07) is 8.21. The van der Waals surface area contributed by atoms with E-state index >= 15 is 0 Å². The van der Waals surface area contributed by atoms with Crippen LogP contribution in [0.25, 0.3) is 0 Å². The minimum absolute atomic E-state index is 0.108. The van der Waals surface area contributed by atoms with Crippen molar-refractivity contribution >= 4 is 27.3 Å². The third-order valence-electron chi connectivity index (χ3n) is 2.29. The number of rotatable bonds is 3. The van der Waals surface area contributed by atoms with Gasteiger partial charge in [-0.25, -0.2) is 9.82 Å². The van der Waals surface area contributed by atoms with Crippen LogP contribution in [0.3, 0.4) is 0 Å². The van der Waals surface area contributed by atoms with E-state index in [-0.39, 0.29) is 11.9 Å². The Balaban J connectivity index is 2.32. The topological polar surface area (TPSA) is 38.0 Å². The fourth-order valence-corrected chi connectivity index (χ4v) is 2.72. The number of thiophene rings is 1. The Morgan fingerprint density at radius 3 is 2.44 bits per heavy atom. The van der Waals surface area contributed by atoms with Crippen molar-refractivity contribution in [2.45, 2.75) is 6.04 Å². The van der Waals surface area contributed by atoms with Gasteiger partial charge in [-0.2, -0.15) is 0 Å². The molecule has 0 spiro atoms. The molecule has 1 aromatic heterocycles. The van der Waals surface area contributed by atoms with Crippen molar-refractivity contribution in [3.8, 4) is 0 Å². The molecule has 2 nitrogen and oxygen atoms in total. The maximum absolute atomic E-state index is 12.8. The van der Waals surface area contributed by atoms with Gasteiger partial charge in [-0.15, -0.1) is 11.3 Å². The molecule has 1 unspecified atom stereocenters. The van der Waals surface area contributed by atoms with Crippen molar-refractivity contribution in [2.75, 3.05) is 0 Å². The molecule has 3 N–H and O–H groups in total. The standard InChI is InChI=1S/C11H10BrFN2S/c12-10-5-8(6-16-10)11(15-14)7-1-3-9(13)4-2-7/h1-6,11,15H,14H2.